The smallest absolute Gasteiger partial charge is 0.290 e. The average molecular weight is 427 g/mol. The molecule has 3 fully saturated rings. The highest BCUT2D eigenvalue weighted by atomic mass is 32.2. The molecule has 1 amide bonds. The molecule has 2 aliphatic heterocycles. The second kappa shape index (κ2) is 10.5. The fourth-order valence-electron chi connectivity index (χ4n) is 4.74. The zero-order valence-electron chi connectivity index (χ0n) is 16.7. The fraction of sp³-hybridized carbons (Fsp3) is 0.700. The Balaban J connectivity index is 0.000000755. The first-order valence-electron chi connectivity index (χ1n) is 10.0. The molecule has 4 atom stereocenters. The van der Waals surface area contributed by atoms with Crippen molar-refractivity contribution in [3.8, 4) is 0 Å². The summed E-state index contributed by atoms with van der Waals surface area (Å²) in [4.78, 5) is 25.5. The summed E-state index contributed by atoms with van der Waals surface area (Å²) < 4.78 is 11.1. The van der Waals surface area contributed by atoms with Gasteiger partial charge in [0.25, 0.3) is 12.4 Å². The van der Waals surface area contributed by atoms with Gasteiger partial charge in [-0.2, -0.15) is 11.8 Å². The van der Waals surface area contributed by atoms with Crippen molar-refractivity contribution in [2.75, 3.05) is 45.6 Å². The summed E-state index contributed by atoms with van der Waals surface area (Å²) in [5.74, 6) is 2.93. The van der Waals surface area contributed by atoms with E-state index in [4.69, 9.17) is 19.1 Å². The molecule has 1 aliphatic carbocycles. The first kappa shape index (κ1) is 22.1. The predicted octanol–water partition coefficient (Wildman–Crippen LogP) is 1.39. The molecule has 2 saturated heterocycles. The molecular formula is C20H30N2O6S. The van der Waals surface area contributed by atoms with Gasteiger partial charge in [-0.1, -0.05) is 0 Å². The number of furan rings is 1. The summed E-state index contributed by atoms with van der Waals surface area (Å²) in [7, 11) is 0. The van der Waals surface area contributed by atoms with Gasteiger partial charge in [-0.05, 0) is 43.1 Å². The number of hydrogen-bond acceptors (Lipinski definition) is 7. The number of nitrogens with zero attached hydrogens (tertiary/aromatic N) is 2. The molecule has 3 heterocycles. The van der Waals surface area contributed by atoms with Crippen LogP contribution in [0, 0.1) is 11.8 Å². The zero-order chi connectivity index (χ0) is 20.8. The van der Waals surface area contributed by atoms with Crippen molar-refractivity contribution in [1.82, 2.24) is 9.80 Å². The minimum Gasteiger partial charge on any atom is -0.483 e. The van der Waals surface area contributed by atoms with Crippen LogP contribution >= 0.6 is 11.8 Å². The summed E-state index contributed by atoms with van der Waals surface area (Å²) in [6, 6.07) is 3.89. The summed E-state index contributed by atoms with van der Waals surface area (Å²) in [6.07, 6.45) is 3.46. The lowest BCUT2D eigenvalue weighted by atomic mass is 9.77. The van der Waals surface area contributed by atoms with E-state index in [1.807, 2.05) is 17.2 Å². The highest BCUT2D eigenvalue weighted by molar-refractivity contribution is 7.97. The van der Waals surface area contributed by atoms with E-state index in [2.05, 4.69) is 4.90 Å². The summed E-state index contributed by atoms with van der Waals surface area (Å²) in [6.45, 7) is 4.54. The number of morpholine rings is 1. The van der Waals surface area contributed by atoms with Crippen LogP contribution < -0.4 is 0 Å². The molecule has 2 N–H and O–H groups in total. The van der Waals surface area contributed by atoms with Crippen molar-refractivity contribution < 1.29 is 29.0 Å². The van der Waals surface area contributed by atoms with Gasteiger partial charge in [-0.15, -0.1) is 0 Å². The van der Waals surface area contributed by atoms with Gasteiger partial charge in [0.2, 0.25) is 0 Å². The van der Waals surface area contributed by atoms with Crippen molar-refractivity contribution in [2.24, 2.45) is 11.8 Å². The summed E-state index contributed by atoms with van der Waals surface area (Å²) >= 11 is 1.68. The third-order valence-corrected chi connectivity index (χ3v) is 6.64. The highest BCUT2D eigenvalue weighted by Gasteiger charge is 2.45. The maximum atomic E-state index is 12.8. The van der Waals surface area contributed by atoms with Gasteiger partial charge >= 0.3 is 0 Å². The molecule has 29 heavy (non-hydrogen) atoms. The van der Waals surface area contributed by atoms with Crippen LogP contribution in [-0.2, 0) is 15.3 Å². The Hall–Kier alpha value is -1.55. The summed E-state index contributed by atoms with van der Waals surface area (Å²) in [5.41, 5.74) is 0. The second-order valence-electron chi connectivity index (χ2n) is 7.79. The third-order valence-electron chi connectivity index (χ3n) is 6.07. The zero-order valence-corrected chi connectivity index (χ0v) is 17.6. The fourth-order valence-corrected chi connectivity index (χ4v) is 5.18. The van der Waals surface area contributed by atoms with Gasteiger partial charge in [0.05, 0.1) is 25.1 Å². The molecule has 3 aliphatic rings. The molecule has 0 spiro atoms. The lowest BCUT2D eigenvalue weighted by Crippen LogP contribution is -2.53. The van der Waals surface area contributed by atoms with Gasteiger partial charge < -0.3 is 24.3 Å². The summed E-state index contributed by atoms with van der Waals surface area (Å²) in [5, 5.41) is 17.6. The van der Waals surface area contributed by atoms with E-state index >= 15 is 0 Å². The van der Waals surface area contributed by atoms with E-state index < -0.39 is 0 Å². The van der Waals surface area contributed by atoms with Crippen LogP contribution in [0.15, 0.2) is 16.5 Å². The lowest BCUT2D eigenvalue weighted by molar-refractivity contribution is -0.122. The first-order chi connectivity index (χ1) is 14.1. The van der Waals surface area contributed by atoms with E-state index in [9.17, 15) is 9.90 Å². The molecule has 1 saturated carbocycles. The molecule has 0 bridgehead atoms. The van der Waals surface area contributed by atoms with Gasteiger partial charge in [0, 0.05) is 32.2 Å². The number of hydrogen-bond donors (Lipinski definition) is 2. The van der Waals surface area contributed by atoms with E-state index in [0.29, 0.717) is 17.6 Å². The number of carbonyl (C=O) groups is 2. The Morgan fingerprint density at radius 3 is 2.55 bits per heavy atom. The number of aliphatic hydroxyl groups excluding tert-OH is 1. The Bertz CT molecular complexity index is 678. The highest BCUT2D eigenvalue weighted by Crippen LogP contribution is 2.39. The maximum absolute atomic E-state index is 12.8. The SMILES string of the molecule is CSCc1ccc(C(=O)N2C[C@H]3C[C@@H](N4CCOCC4)[C@H](O)C[C@H]3C2)o1.O=CO. The van der Waals surface area contributed by atoms with Crippen molar-refractivity contribution in [3.05, 3.63) is 23.7 Å². The first-order valence-corrected chi connectivity index (χ1v) is 11.4. The normalized spacial score (nSPS) is 29.7. The molecule has 1 aromatic rings. The van der Waals surface area contributed by atoms with Crippen molar-refractivity contribution in [3.63, 3.8) is 0 Å². The standard InChI is InChI=1S/C19H28N2O4S.CH2O2/c1-26-12-15-2-3-18(25-15)19(23)21-10-13-8-16(17(22)9-14(13)11-21)20-4-6-24-7-5-20;2-1-3/h2-3,13-14,16-17,22H,4-12H2,1H3;1H,(H,2,3)/t13-,14+,16-,17-;/m1./s1. The monoisotopic (exact) mass is 426 g/mol. The van der Waals surface area contributed by atoms with E-state index in [0.717, 1.165) is 63.7 Å². The second-order valence-corrected chi connectivity index (χ2v) is 8.66. The molecule has 162 valence electrons. The van der Waals surface area contributed by atoms with Crippen LogP contribution in [0.5, 0.6) is 0 Å². The van der Waals surface area contributed by atoms with E-state index in [1.54, 1.807) is 17.8 Å². The molecule has 4 rings (SSSR count). The number of ether oxygens (including phenoxy) is 1. The van der Waals surface area contributed by atoms with Gasteiger partial charge in [0.1, 0.15) is 5.76 Å². The largest absolute Gasteiger partial charge is 0.483 e. The Kier molecular flexibility index (Phi) is 7.99. The van der Waals surface area contributed by atoms with E-state index in [-0.39, 0.29) is 24.5 Å². The molecule has 9 heteroatoms. The van der Waals surface area contributed by atoms with Crippen LogP contribution in [-0.4, -0.2) is 90.2 Å². The number of rotatable bonds is 4. The molecule has 1 aromatic heterocycles. The number of likely N-dealkylation sites (tertiary alicyclic amines) is 1. The molecule has 0 aromatic carbocycles. The number of carbonyl (C=O) groups excluding carboxylic acids is 1. The Morgan fingerprint density at radius 1 is 1.24 bits per heavy atom. The quantitative estimate of drug-likeness (QED) is 0.696. The number of aliphatic hydroxyl groups is 1. The van der Waals surface area contributed by atoms with Crippen molar-refractivity contribution in [1.29, 1.82) is 0 Å². The number of amides is 1. The van der Waals surface area contributed by atoms with Crippen LogP contribution in [0.3, 0.4) is 0 Å². The third kappa shape index (κ3) is 5.33. The van der Waals surface area contributed by atoms with Crippen LogP contribution in [0.4, 0.5) is 0 Å². The van der Waals surface area contributed by atoms with Gasteiger partial charge in [-0.3, -0.25) is 14.5 Å². The average Bonchev–Trinajstić information content (AvgIpc) is 3.35. The topological polar surface area (TPSA) is 103 Å². The van der Waals surface area contributed by atoms with Gasteiger partial charge in [-0.25, -0.2) is 0 Å². The minimum atomic E-state index is -0.304. The lowest BCUT2D eigenvalue weighted by Gasteiger charge is -2.43. The van der Waals surface area contributed by atoms with Crippen molar-refractivity contribution in [2.45, 2.75) is 30.7 Å². The molecule has 8 nitrogen and oxygen atoms in total. The Morgan fingerprint density at radius 2 is 1.90 bits per heavy atom. The molecule has 0 radical (unpaired) electrons. The van der Waals surface area contributed by atoms with Crippen LogP contribution in [0.1, 0.15) is 29.2 Å². The maximum Gasteiger partial charge on any atom is 0.290 e. The van der Waals surface area contributed by atoms with Gasteiger partial charge in [0.15, 0.2) is 5.76 Å². The van der Waals surface area contributed by atoms with Crippen molar-refractivity contribution >= 4 is 24.1 Å². The molecular weight excluding hydrogens is 396 g/mol. The van der Waals surface area contributed by atoms with Crippen LogP contribution in [0.2, 0.25) is 0 Å². The minimum absolute atomic E-state index is 0.0100. The van der Waals surface area contributed by atoms with Crippen LogP contribution in [0.25, 0.3) is 0 Å². The number of thioether (sulfide) groups is 1. The van der Waals surface area contributed by atoms with E-state index in [1.165, 1.54) is 0 Å². The molecule has 0 unspecified atom stereocenters. The Labute approximate surface area is 175 Å². The number of carboxylic acid groups (broad SMARTS) is 1. The predicted molar refractivity (Wildman–Crippen MR) is 109 cm³/mol. The number of fused-ring (bicyclic) bond motifs is 1.